The summed E-state index contributed by atoms with van der Waals surface area (Å²) in [5.41, 5.74) is 1.08. The van der Waals surface area contributed by atoms with Crippen LogP contribution in [0.15, 0.2) is 30.3 Å². The van der Waals surface area contributed by atoms with Gasteiger partial charge in [0.1, 0.15) is 0 Å². The number of nitrogens with zero attached hydrogens (tertiary/aromatic N) is 1. The highest BCUT2D eigenvalue weighted by Crippen LogP contribution is 2.14. The number of nitrogens with one attached hydrogen (secondary N) is 1. The minimum absolute atomic E-state index is 0.892. The molecule has 0 aliphatic carbocycles. The molecular formula is C11H16N2S2. The quantitative estimate of drug-likeness (QED) is 0.641. The van der Waals surface area contributed by atoms with Gasteiger partial charge in [-0.05, 0) is 26.0 Å². The first-order valence-electron chi connectivity index (χ1n) is 5.04. The Morgan fingerprint density at radius 2 is 1.87 bits per heavy atom. The lowest BCUT2D eigenvalue weighted by molar-refractivity contribution is 0.482. The van der Waals surface area contributed by atoms with Gasteiger partial charge >= 0.3 is 0 Å². The molecule has 1 aromatic rings. The van der Waals surface area contributed by atoms with E-state index in [1.807, 2.05) is 30.3 Å². The number of para-hydroxylation sites is 1. The van der Waals surface area contributed by atoms with Crippen LogP contribution in [-0.2, 0) is 0 Å². The van der Waals surface area contributed by atoms with Gasteiger partial charge in [-0.25, -0.2) is 0 Å². The average Bonchev–Trinajstić information content (AvgIpc) is 2.29. The van der Waals surface area contributed by atoms with Crippen LogP contribution in [0.1, 0.15) is 13.8 Å². The van der Waals surface area contributed by atoms with Gasteiger partial charge in [-0.2, -0.15) is 0 Å². The standard InChI is InChI=1S/C11H16N2S2/c1-3-13(4-2)11(14)15-12-10-8-6-5-7-9-10/h5-9,12H,3-4H2,1-2H3. The van der Waals surface area contributed by atoms with Crippen LogP contribution in [0.5, 0.6) is 0 Å². The molecule has 82 valence electrons. The van der Waals surface area contributed by atoms with E-state index in [0.717, 1.165) is 23.1 Å². The molecule has 0 amide bonds. The van der Waals surface area contributed by atoms with E-state index in [9.17, 15) is 0 Å². The van der Waals surface area contributed by atoms with E-state index < -0.39 is 0 Å². The van der Waals surface area contributed by atoms with E-state index in [0.29, 0.717) is 0 Å². The molecule has 0 aromatic heterocycles. The van der Waals surface area contributed by atoms with E-state index in [2.05, 4.69) is 23.5 Å². The molecule has 1 aromatic carbocycles. The highest BCUT2D eigenvalue weighted by molar-refractivity contribution is 8.23. The monoisotopic (exact) mass is 240 g/mol. The molecule has 0 bridgehead atoms. The van der Waals surface area contributed by atoms with Gasteiger partial charge in [0.2, 0.25) is 0 Å². The molecule has 0 unspecified atom stereocenters. The van der Waals surface area contributed by atoms with Crippen LogP contribution < -0.4 is 4.72 Å². The number of hydrogen-bond donors (Lipinski definition) is 1. The van der Waals surface area contributed by atoms with Crippen LogP contribution >= 0.6 is 24.2 Å². The van der Waals surface area contributed by atoms with Crippen LogP contribution in [0.3, 0.4) is 0 Å². The van der Waals surface area contributed by atoms with Crippen molar-refractivity contribution in [2.45, 2.75) is 13.8 Å². The topological polar surface area (TPSA) is 15.3 Å². The third kappa shape index (κ3) is 4.10. The molecule has 0 fully saturated rings. The number of hydrogen-bond acceptors (Lipinski definition) is 3. The molecule has 0 aliphatic heterocycles. The molecule has 0 saturated heterocycles. The lowest BCUT2D eigenvalue weighted by Gasteiger charge is -2.20. The normalized spacial score (nSPS) is 9.73. The van der Waals surface area contributed by atoms with Crippen molar-refractivity contribution in [3.8, 4) is 0 Å². The second-order valence-electron chi connectivity index (χ2n) is 3.01. The van der Waals surface area contributed by atoms with Gasteiger partial charge in [0.05, 0.1) is 0 Å². The first-order valence-corrected chi connectivity index (χ1v) is 6.27. The molecule has 0 atom stereocenters. The maximum absolute atomic E-state index is 5.30. The van der Waals surface area contributed by atoms with Crippen molar-refractivity contribution < 1.29 is 0 Å². The Hall–Kier alpha value is -0.740. The van der Waals surface area contributed by atoms with Crippen molar-refractivity contribution in [2.75, 3.05) is 17.8 Å². The third-order valence-corrected chi connectivity index (χ3v) is 3.33. The van der Waals surface area contributed by atoms with E-state index in [1.54, 1.807) is 0 Å². The zero-order chi connectivity index (χ0) is 11.1. The van der Waals surface area contributed by atoms with Crippen LogP contribution in [-0.4, -0.2) is 22.3 Å². The SMILES string of the molecule is CCN(CC)C(=S)SNc1ccccc1. The Morgan fingerprint density at radius 3 is 2.40 bits per heavy atom. The van der Waals surface area contributed by atoms with Crippen LogP contribution in [0.2, 0.25) is 0 Å². The summed E-state index contributed by atoms with van der Waals surface area (Å²) >= 11 is 6.79. The summed E-state index contributed by atoms with van der Waals surface area (Å²) in [6.07, 6.45) is 0. The molecule has 0 radical (unpaired) electrons. The van der Waals surface area contributed by atoms with Crippen molar-refractivity contribution in [1.82, 2.24) is 4.90 Å². The molecule has 0 saturated carbocycles. The minimum atomic E-state index is 0.892. The first-order chi connectivity index (χ1) is 7.27. The van der Waals surface area contributed by atoms with Gasteiger partial charge in [0, 0.05) is 30.7 Å². The zero-order valence-corrected chi connectivity index (χ0v) is 10.7. The van der Waals surface area contributed by atoms with Crippen molar-refractivity contribution in [2.24, 2.45) is 0 Å². The largest absolute Gasteiger partial charge is 0.357 e. The number of anilines is 1. The van der Waals surface area contributed by atoms with Gasteiger partial charge < -0.3 is 9.62 Å². The zero-order valence-electron chi connectivity index (χ0n) is 9.06. The fraction of sp³-hybridized carbons (Fsp3) is 0.364. The molecular weight excluding hydrogens is 224 g/mol. The maximum Gasteiger partial charge on any atom is 0.156 e. The van der Waals surface area contributed by atoms with Gasteiger partial charge in [0.25, 0.3) is 0 Å². The molecule has 0 spiro atoms. The molecule has 1 rings (SSSR count). The summed E-state index contributed by atoms with van der Waals surface area (Å²) in [7, 11) is 0. The van der Waals surface area contributed by atoms with Crippen molar-refractivity contribution >= 4 is 34.2 Å². The first kappa shape index (κ1) is 12.3. The predicted molar refractivity (Wildman–Crippen MR) is 73.2 cm³/mol. The number of benzene rings is 1. The number of thiocarbonyl (C=S) groups is 1. The Bertz CT molecular complexity index is 297. The lowest BCUT2D eigenvalue weighted by atomic mass is 10.3. The summed E-state index contributed by atoms with van der Waals surface area (Å²) in [4.78, 5) is 2.15. The summed E-state index contributed by atoms with van der Waals surface area (Å²) < 4.78 is 4.12. The third-order valence-electron chi connectivity index (χ3n) is 2.05. The number of rotatable bonds is 4. The minimum Gasteiger partial charge on any atom is -0.357 e. The fourth-order valence-corrected chi connectivity index (χ4v) is 2.27. The predicted octanol–water partition coefficient (Wildman–Crippen LogP) is 3.37. The second kappa shape index (κ2) is 6.69. The fourth-order valence-electron chi connectivity index (χ4n) is 1.16. The van der Waals surface area contributed by atoms with Gasteiger partial charge in [0.15, 0.2) is 4.32 Å². The second-order valence-corrected chi connectivity index (χ2v) is 4.45. The van der Waals surface area contributed by atoms with Crippen molar-refractivity contribution in [3.05, 3.63) is 30.3 Å². The van der Waals surface area contributed by atoms with Gasteiger partial charge in [-0.1, -0.05) is 30.4 Å². The maximum atomic E-state index is 5.30. The van der Waals surface area contributed by atoms with Gasteiger partial charge in [-0.15, -0.1) is 0 Å². The molecule has 15 heavy (non-hydrogen) atoms. The van der Waals surface area contributed by atoms with Crippen molar-refractivity contribution in [1.29, 1.82) is 0 Å². The van der Waals surface area contributed by atoms with E-state index in [1.165, 1.54) is 11.9 Å². The average molecular weight is 240 g/mol. The molecule has 2 nitrogen and oxygen atoms in total. The molecule has 1 N–H and O–H groups in total. The Morgan fingerprint density at radius 1 is 1.27 bits per heavy atom. The lowest BCUT2D eigenvalue weighted by Crippen LogP contribution is -2.27. The van der Waals surface area contributed by atoms with E-state index in [-0.39, 0.29) is 0 Å². The van der Waals surface area contributed by atoms with Crippen LogP contribution in [0.25, 0.3) is 0 Å². The Labute approximate surface area is 101 Å². The Kier molecular flexibility index (Phi) is 5.50. The van der Waals surface area contributed by atoms with Crippen molar-refractivity contribution in [3.63, 3.8) is 0 Å². The molecule has 0 aliphatic rings. The Balaban J connectivity index is 2.40. The van der Waals surface area contributed by atoms with E-state index >= 15 is 0 Å². The van der Waals surface area contributed by atoms with Gasteiger partial charge in [-0.3, -0.25) is 0 Å². The highest BCUT2D eigenvalue weighted by atomic mass is 32.2. The van der Waals surface area contributed by atoms with Crippen LogP contribution in [0.4, 0.5) is 5.69 Å². The summed E-state index contributed by atoms with van der Waals surface area (Å²) in [6, 6.07) is 10.1. The summed E-state index contributed by atoms with van der Waals surface area (Å²) in [5, 5.41) is 0. The molecule has 0 heterocycles. The smallest absolute Gasteiger partial charge is 0.156 e. The summed E-state index contributed by atoms with van der Waals surface area (Å²) in [6.45, 7) is 6.13. The highest BCUT2D eigenvalue weighted by Gasteiger charge is 2.05. The molecule has 4 heteroatoms. The van der Waals surface area contributed by atoms with E-state index in [4.69, 9.17) is 12.2 Å². The van der Waals surface area contributed by atoms with Crippen LogP contribution in [0, 0.1) is 0 Å². The summed E-state index contributed by atoms with van der Waals surface area (Å²) in [5.74, 6) is 0.